The fraction of sp³-hybridized carbons (Fsp3) is 0.556. The van der Waals surface area contributed by atoms with Crippen molar-refractivity contribution in [2.24, 2.45) is 0 Å². The minimum Gasteiger partial charge on any atom is -0.384 e. The number of hydrogen-bond acceptors (Lipinski definition) is 11. The standard InChI is InChI=1S/C9H14F2N3O13P3/c10-9(11)6(15)4(25-7(9)14-2-1-5(12)13-8(14)16)3-24-29(20,21)27-30(22,23)26-28(17,18)19/h1-2,4,6-7,15H,3H2,(H,20,21)(H,22,23)(H2,12,13,16)(H2,17,18,19). The molecule has 172 valence electrons. The number of nitrogen functional groups attached to an aromatic ring is 1. The maximum absolute atomic E-state index is 14.3. The van der Waals surface area contributed by atoms with E-state index in [-0.39, 0.29) is 10.4 Å². The van der Waals surface area contributed by atoms with Crippen molar-refractivity contribution in [2.45, 2.75) is 24.4 Å². The zero-order valence-corrected chi connectivity index (χ0v) is 16.8. The van der Waals surface area contributed by atoms with E-state index < -0.39 is 60.1 Å². The molecule has 1 saturated heterocycles. The number of anilines is 1. The third kappa shape index (κ3) is 6.20. The summed E-state index contributed by atoms with van der Waals surface area (Å²) in [6.07, 6.45) is -6.40. The summed E-state index contributed by atoms with van der Waals surface area (Å²) in [5, 5.41) is 9.72. The number of alkyl halides is 2. The number of nitrogens with two attached hydrogens (primary N) is 1. The largest absolute Gasteiger partial charge is 0.490 e. The van der Waals surface area contributed by atoms with Crippen molar-refractivity contribution in [1.29, 1.82) is 0 Å². The number of aromatic nitrogens is 2. The average Bonchev–Trinajstić information content (AvgIpc) is 2.73. The minimum absolute atomic E-state index is 0.282. The van der Waals surface area contributed by atoms with Gasteiger partial charge < -0.3 is 35.2 Å². The highest BCUT2D eigenvalue weighted by atomic mass is 31.3. The maximum Gasteiger partial charge on any atom is 0.490 e. The highest BCUT2D eigenvalue weighted by molar-refractivity contribution is 7.66. The third-order valence-electron chi connectivity index (χ3n) is 3.30. The predicted octanol–water partition coefficient (Wildman–Crippen LogP) is -0.938. The highest BCUT2D eigenvalue weighted by Gasteiger charge is 2.60. The first-order valence-corrected chi connectivity index (χ1v) is 11.8. The summed E-state index contributed by atoms with van der Waals surface area (Å²) in [5.74, 6) is -4.42. The molecule has 0 spiro atoms. The number of nitrogens with zero attached hydrogens (tertiary/aromatic N) is 2. The SMILES string of the molecule is Nc1ccn(C2OC(COP(=O)(O)OP(=O)(O)OP(=O)(O)O)C(O)C2(F)F)c(=O)n1. The zero-order valence-electron chi connectivity index (χ0n) is 14.2. The summed E-state index contributed by atoms with van der Waals surface area (Å²) in [7, 11) is -17.1. The Morgan fingerprint density at radius 2 is 1.80 bits per heavy atom. The first-order valence-electron chi connectivity index (χ1n) is 7.28. The molecular formula is C9H14F2N3O13P3. The smallest absolute Gasteiger partial charge is 0.384 e. The van der Waals surface area contributed by atoms with Crippen LogP contribution in [0.5, 0.6) is 0 Å². The van der Waals surface area contributed by atoms with E-state index in [0.29, 0.717) is 0 Å². The molecule has 0 radical (unpaired) electrons. The molecule has 2 rings (SSSR count). The van der Waals surface area contributed by atoms with Gasteiger partial charge in [0, 0.05) is 6.20 Å². The van der Waals surface area contributed by atoms with E-state index in [1.165, 1.54) is 0 Å². The minimum atomic E-state index is -5.83. The lowest BCUT2D eigenvalue weighted by molar-refractivity contribution is -0.140. The number of phosphoric acid groups is 3. The van der Waals surface area contributed by atoms with Crippen molar-refractivity contribution in [1.82, 2.24) is 9.55 Å². The molecular weight excluding hydrogens is 489 g/mol. The van der Waals surface area contributed by atoms with Gasteiger partial charge in [0.05, 0.1) is 6.61 Å². The van der Waals surface area contributed by atoms with Crippen LogP contribution in [0.25, 0.3) is 0 Å². The summed E-state index contributed by atoms with van der Waals surface area (Å²) in [5.41, 5.74) is 3.97. The van der Waals surface area contributed by atoms with Crippen molar-refractivity contribution in [2.75, 3.05) is 12.3 Å². The Hall–Kier alpha value is -1.13. The van der Waals surface area contributed by atoms with E-state index in [1.54, 1.807) is 0 Å². The molecule has 1 aliphatic heterocycles. The Morgan fingerprint density at radius 3 is 2.33 bits per heavy atom. The first kappa shape index (κ1) is 25.1. The molecule has 16 nitrogen and oxygen atoms in total. The van der Waals surface area contributed by atoms with Crippen LogP contribution in [0.3, 0.4) is 0 Å². The van der Waals surface area contributed by atoms with Gasteiger partial charge in [0.15, 0.2) is 6.10 Å². The Labute approximate surface area is 164 Å². The van der Waals surface area contributed by atoms with Gasteiger partial charge in [-0.15, -0.1) is 0 Å². The van der Waals surface area contributed by atoms with E-state index in [0.717, 1.165) is 12.3 Å². The van der Waals surface area contributed by atoms with Gasteiger partial charge in [-0.25, -0.2) is 18.5 Å². The second-order valence-electron chi connectivity index (χ2n) is 5.58. The van der Waals surface area contributed by atoms with E-state index in [2.05, 4.69) is 18.1 Å². The van der Waals surface area contributed by atoms with E-state index in [9.17, 15) is 37.3 Å². The van der Waals surface area contributed by atoms with Crippen LogP contribution in [-0.2, 0) is 31.6 Å². The summed E-state index contributed by atoms with van der Waals surface area (Å²) < 4.78 is 78.0. The zero-order chi connectivity index (χ0) is 23.1. The van der Waals surface area contributed by atoms with E-state index >= 15 is 0 Å². The molecule has 1 aromatic rings. The van der Waals surface area contributed by atoms with Crippen LogP contribution in [0.4, 0.5) is 14.6 Å². The number of phosphoric ester groups is 1. The summed E-state index contributed by atoms with van der Waals surface area (Å²) in [4.78, 5) is 50.1. The molecule has 2 heterocycles. The molecule has 5 unspecified atom stereocenters. The van der Waals surface area contributed by atoms with E-state index in [1.807, 2.05) is 0 Å². The van der Waals surface area contributed by atoms with Gasteiger partial charge >= 0.3 is 35.1 Å². The van der Waals surface area contributed by atoms with Gasteiger partial charge in [0.1, 0.15) is 11.9 Å². The van der Waals surface area contributed by atoms with Crippen molar-refractivity contribution < 1.29 is 65.0 Å². The number of rotatable bonds is 8. The molecule has 5 atom stereocenters. The molecule has 0 saturated carbocycles. The second-order valence-corrected chi connectivity index (χ2v) is 10.00. The molecule has 1 aromatic heterocycles. The Bertz CT molecular complexity index is 998. The van der Waals surface area contributed by atoms with Gasteiger partial charge in [-0.2, -0.15) is 22.4 Å². The lowest BCUT2D eigenvalue weighted by Crippen LogP contribution is -2.41. The normalized spacial score (nSPS) is 28.0. The van der Waals surface area contributed by atoms with Crippen LogP contribution in [0.2, 0.25) is 0 Å². The summed E-state index contributed by atoms with van der Waals surface area (Å²) in [6, 6.07) is 0.979. The number of aliphatic hydroxyl groups excluding tert-OH is 1. The van der Waals surface area contributed by atoms with Crippen LogP contribution < -0.4 is 11.4 Å². The van der Waals surface area contributed by atoms with Gasteiger partial charge in [0.2, 0.25) is 6.23 Å². The van der Waals surface area contributed by atoms with Crippen molar-refractivity contribution >= 4 is 29.3 Å². The lowest BCUT2D eigenvalue weighted by Gasteiger charge is -2.20. The molecule has 1 fully saturated rings. The Kier molecular flexibility index (Phi) is 7.06. The van der Waals surface area contributed by atoms with Crippen molar-refractivity contribution in [3.8, 4) is 0 Å². The Morgan fingerprint density at radius 1 is 1.20 bits per heavy atom. The summed E-state index contributed by atoms with van der Waals surface area (Å²) in [6.45, 7) is -1.35. The quantitative estimate of drug-likeness (QED) is 0.234. The highest BCUT2D eigenvalue weighted by Crippen LogP contribution is 2.66. The fourth-order valence-corrected chi connectivity index (χ4v) is 5.21. The topological polar surface area (TPSA) is 250 Å². The molecule has 30 heavy (non-hydrogen) atoms. The van der Waals surface area contributed by atoms with Gasteiger partial charge in [-0.1, -0.05) is 0 Å². The number of ether oxygens (including phenoxy) is 1. The van der Waals surface area contributed by atoms with Crippen LogP contribution in [0.15, 0.2) is 17.1 Å². The van der Waals surface area contributed by atoms with Gasteiger partial charge in [0.25, 0.3) is 0 Å². The lowest BCUT2D eigenvalue weighted by atomic mass is 10.1. The third-order valence-corrected chi connectivity index (χ3v) is 7.10. The van der Waals surface area contributed by atoms with Crippen molar-refractivity contribution in [3.05, 3.63) is 22.7 Å². The van der Waals surface area contributed by atoms with Crippen LogP contribution in [-0.4, -0.2) is 59.0 Å². The number of hydrogen-bond donors (Lipinski definition) is 6. The summed E-state index contributed by atoms with van der Waals surface area (Å²) >= 11 is 0. The monoisotopic (exact) mass is 503 g/mol. The average molecular weight is 503 g/mol. The molecule has 1 aliphatic rings. The maximum atomic E-state index is 14.3. The molecule has 0 amide bonds. The van der Waals surface area contributed by atoms with E-state index in [4.69, 9.17) is 25.2 Å². The molecule has 0 aromatic carbocycles. The van der Waals surface area contributed by atoms with Gasteiger partial charge in [-0.3, -0.25) is 9.09 Å². The van der Waals surface area contributed by atoms with Crippen LogP contribution >= 0.6 is 23.5 Å². The molecule has 7 N–H and O–H groups in total. The number of aliphatic hydroxyl groups is 1. The molecule has 0 bridgehead atoms. The van der Waals surface area contributed by atoms with Crippen LogP contribution in [0, 0.1) is 0 Å². The van der Waals surface area contributed by atoms with Gasteiger partial charge in [-0.05, 0) is 6.07 Å². The molecule has 0 aliphatic carbocycles. The van der Waals surface area contributed by atoms with Crippen LogP contribution in [0.1, 0.15) is 6.23 Å². The second kappa shape index (κ2) is 8.43. The first-order chi connectivity index (χ1) is 13.4. The van der Waals surface area contributed by atoms with Crippen molar-refractivity contribution in [3.63, 3.8) is 0 Å². The predicted molar refractivity (Wildman–Crippen MR) is 87.6 cm³/mol. The molecule has 21 heteroatoms. The number of halogens is 2. The fourth-order valence-electron chi connectivity index (χ4n) is 2.18. The Balaban J connectivity index is 2.12.